The van der Waals surface area contributed by atoms with Crippen molar-refractivity contribution in [2.45, 2.75) is 46.3 Å². The molecule has 6 heteroatoms. The second kappa shape index (κ2) is 7.26. The van der Waals surface area contributed by atoms with E-state index in [0.29, 0.717) is 13.1 Å². The Morgan fingerprint density at radius 2 is 2.04 bits per heavy atom. The van der Waals surface area contributed by atoms with Crippen LogP contribution in [-0.4, -0.2) is 27.3 Å². The van der Waals surface area contributed by atoms with Crippen molar-refractivity contribution in [3.05, 3.63) is 47.0 Å². The molecule has 0 amide bonds. The quantitative estimate of drug-likeness (QED) is 0.652. The van der Waals surface area contributed by atoms with Gasteiger partial charge in [-0.05, 0) is 25.8 Å². The van der Waals surface area contributed by atoms with Crippen LogP contribution in [0.15, 0.2) is 29.3 Å². The highest BCUT2D eigenvalue weighted by Gasteiger charge is 2.16. The average molecular weight is 312 g/mol. The Hall–Kier alpha value is -2.37. The highest BCUT2D eigenvalue weighted by molar-refractivity contribution is 5.79. The first-order valence-corrected chi connectivity index (χ1v) is 8.25. The van der Waals surface area contributed by atoms with E-state index in [4.69, 9.17) is 0 Å². The number of fused-ring (bicyclic) bond motifs is 1. The third-order valence-corrected chi connectivity index (χ3v) is 3.98. The molecular weight excluding hydrogens is 288 g/mol. The van der Waals surface area contributed by atoms with Gasteiger partial charge in [0.15, 0.2) is 11.8 Å². The van der Waals surface area contributed by atoms with Gasteiger partial charge >= 0.3 is 0 Å². The number of hydrogen-bond donors (Lipinski definition) is 2. The van der Waals surface area contributed by atoms with Crippen molar-refractivity contribution in [2.75, 3.05) is 6.54 Å². The fraction of sp³-hybridized carbons (Fsp3) is 0.471. The number of nitrogens with one attached hydrogen (secondary N) is 2. The number of rotatable bonds is 5. The van der Waals surface area contributed by atoms with Gasteiger partial charge in [-0.25, -0.2) is 4.99 Å². The Kier molecular flexibility index (Phi) is 4.90. The number of benzene rings is 1. The molecule has 0 saturated heterocycles. The molecule has 2 N–H and O–H groups in total. The second-order valence-corrected chi connectivity index (χ2v) is 5.82. The van der Waals surface area contributed by atoms with Crippen LogP contribution in [0.2, 0.25) is 0 Å². The normalized spacial score (nSPS) is 13.9. The Balaban J connectivity index is 1.61. The smallest absolute Gasteiger partial charge is 0.191 e. The molecule has 1 aliphatic rings. The molecule has 3 rings (SSSR count). The first-order valence-electron chi connectivity index (χ1n) is 8.25. The number of aliphatic imine (C=N–C) groups is 1. The summed E-state index contributed by atoms with van der Waals surface area (Å²) in [5.74, 6) is 2.89. The predicted octanol–water partition coefficient (Wildman–Crippen LogP) is 1.79. The van der Waals surface area contributed by atoms with E-state index in [1.807, 2.05) is 0 Å². The Morgan fingerprint density at radius 3 is 2.83 bits per heavy atom. The topological polar surface area (TPSA) is 67.1 Å². The standard InChI is InChI=1S/C17H24N6/c1-3-18-17(19-11-14-8-6-13(2)7-9-14)20-12-16-22-21-15-5-4-10-23(15)16/h6-9H,3-5,10-12H2,1-2H3,(H2,18,19,20). The van der Waals surface area contributed by atoms with Gasteiger partial charge < -0.3 is 15.2 Å². The van der Waals surface area contributed by atoms with Crippen LogP contribution in [-0.2, 0) is 26.1 Å². The Labute approximate surface area is 137 Å². The Morgan fingerprint density at radius 1 is 1.22 bits per heavy atom. The molecular formula is C17H24N6. The summed E-state index contributed by atoms with van der Waals surface area (Å²) in [5.41, 5.74) is 2.47. The molecule has 6 nitrogen and oxygen atoms in total. The van der Waals surface area contributed by atoms with Gasteiger partial charge in [-0.2, -0.15) is 0 Å². The molecule has 2 heterocycles. The van der Waals surface area contributed by atoms with Crippen LogP contribution in [0.25, 0.3) is 0 Å². The average Bonchev–Trinajstić information content (AvgIpc) is 3.15. The first-order chi connectivity index (χ1) is 11.3. The highest BCUT2D eigenvalue weighted by atomic mass is 15.3. The largest absolute Gasteiger partial charge is 0.357 e. The molecule has 0 atom stereocenters. The van der Waals surface area contributed by atoms with E-state index in [0.717, 1.165) is 37.1 Å². The fourth-order valence-electron chi connectivity index (χ4n) is 2.71. The lowest BCUT2D eigenvalue weighted by atomic mass is 10.1. The van der Waals surface area contributed by atoms with Crippen LogP contribution in [0.3, 0.4) is 0 Å². The van der Waals surface area contributed by atoms with E-state index in [1.54, 1.807) is 0 Å². The Bertz CT molecular complexity index is 671. The maximum atomic E-state index is 4.64. The minimum Gasteiger partial charge on any atom is -0.357 e. The van der Waals surface area contributed by atoms with E-state index < -0.39 is 0 Å². The van der Waals surface area contributed by atoms with Crippen molar-refractivity contribution in [2.24, 2.45) is 4.99 Å². The van der Waals surface area contributed by atoms with Crippen LogP contribution in [0.5, 0.6) is 0 Å². The van der Waals surface area contributed by atoms with Crippen LogP contribution in [0.4, 0.5) is 0 Å². The molecule has 0 unspecified atom stereocenters. The number of nitrogens with zero attached hydrogens (tertiary/aromatic N) is 4. The molecule has 1 aliphatic heterocycles. The SMILES string of the molecule is CCNC(=NCc1ccc(C)cc1)NCc1nnc2n1CCC2. The van der Waals surface area contributed by atoms with Crippen molar-refractivity contribution in [1.82, 2.24) is 25.4 Å². The molecule has 0 bridgehead atoms. The lowest BCUT2D eigenvalue weighted by Crippen LogP contribution is -2.37. The maximum absolute atomic E-state index is 4.64. The zero-order valence-electron chi connectivity index (χ0n) is 13.8. The van der Waals surface area contributed by atoms with Crippen molar-refractivity contribution in [1.29, 1.82) is 0 Å². The van der Waals surface area contributed by atoms with Crippen molar-refractivity contribution in [3.63, 3.8) is 0 Å². The van der Waals surface area contributed by atoms with Gasteiger partial charge in [0.1, 0.15) is 5.82 Å². The summed E-state index contributed by atoms with van der Waals surface area (Å²) in [4.78, 5) is 4.64. The lowest BCUT2D eigenvalue weighted by molar-refractivity contribution is 0.663. The number of aryl methyl sites for hydroxylation is 2. The zero-order chi connectivity index (χ0) is 16.1. The number of aromatic nitrogens is 3. The second-order valence-electron chi connectivity index (χ2n) is 5.82. The molecule has 23 heavy (non-hydrogen) atoms. The van der Waals surface area contributed by atoms with E-state index in [1.165, 1.54) is 17.5 Å². The minimum atomic E-state index is 0.646. The fourth-order valence-corrected chi connectivity index (χ4v) is 2.71. The molecule has 122 valence electrons. The summed E-state index contributed by atoms with van der Waals surface area (Å²) in [7, 11) is 0. The van der Waals surface area contributed by atoms with E-state index in [-0.39, 0.29) is 0 Å². The summed E-state index contributed by atoms with van der Waals surface area (Å²) in [5, 5.41) is 15.1. The van der Waals surface area contributed by atoms with Crippen molar-refractivity contribution < 1.29 is 0 Å². The highest BCUT2D eigenvalue weighted by Crippen LogP contribution is 2.13. The summed E-state index contributed by atoms with van der Waals surface area (Å²) in [6.07, 6.45) is 2.20. The van der Waals surface area contributed by atoms with Crippen LogP contribution in [0, 0.1) is 6.92 Å². The van der Waals surface area contributed by atoms with E-state index >= 15 is 0 Å². The molecule has 0 radical (unpaired) electrons. The molecule has 0 fully saturated rings. The summed E-state index contributed by atoms with van der Waals surface area (Å²) in [6.45, 7) is 7.32. The van der Waals surface area contributed by atoms with Gasteiger partial charge in [0, 0.05) is 19.5 Å². The molecule has 1 aromatic heterocycles. The van der Waals surface area contributed by atoms with Crippen LogP contribution >= 0.6 is 0 Å². The molecule has 0 spiro atoms. The number of guanidine groups is 1. The monoisotopic (exact) mass is 312 g/mol. The third kappa shape index (κ3) is 3.88. The summed E-state index contributed by atoms with van der Waals surface area (Å²) >= 11 is 0. The predicted molar refractivity (Wildman–Crippen MR) is 91.2 cm³/mol. The molecule has 2 aromatic rings. The third-order valence-electron chi connectivity index (χ3n) is 3.98. The van der Waals surface area contributed by atoms with E-state index in [9.17, 15) is 0 Å². The maximum Gasteiger partial charge on any atom is 0.191 e. The molecule has 0 saturated carbocycles. The van der Waals surface area contributed by atoms with Gasteiger partial charge in [-0.15, -0.1) is 10.2 Å². The van der Waals surface area contributed by atoms with Gasteiger partial charge in [0.05, 0.1) is 13.1 Å². The van der Waals surface area contributed by atoms with Gasteiger partial charge in [0.25, 0.3) is 0 Å². The molecule has 1 aromatic carbocycles. The molecule has 0 aliphatic carbocycles. The summed E-state index contributed by atoms with van der Waals surface area (Å²) in [6, 6.07) is 8.47. The lowest BCUT2D eigenvalue weighted by Gasteiger charge is -2.11. The van der Waals surface area contributed by atoms with Crippen LogP contribution in [0.1, 0.15) is 36.1 Å². The number of hydrogen-bond acceptors (Lipinski definition) is 3. The minimum absolute atomic E-state index is 0.646. The van der Waals surface area contributed by atoms with Crippen molar-refractivity contribution in [3.8, 4) is 0 Å². The van der Waals surface area contributed by atoms with Crippen LogP contribution < -0.4 is 10.6 Å². The van der Waals surface area contributed by atoms with E-state index in [2.05, 4.69) is 68.5 Å². The first kappa shape index (κ1) is 15.5. The summed E-state index contributed by atoms with van der Waals surface area (Å²) < 4.78 is 2.20. The van der Waals surface area contributed by atoms with Crippen molar-refractivity contribution >= 4 is 5.96 Å². The zero-order valence-corrected chi connectivity index (χ0v) is 13.8. The van der Waals surface area contributed by atoms with Gasteiger partial charge in [-0.1, -0.05) is 29.8 Å². The van der Waals surface area contributed by atoms with Gasteiger partial charge in [0.2, 0.25) is 0 Å². The van der Waals surface area contributed by atoms with Gasteiger partial charge in [-0.3, -0.25) is 0 Å².